The highest BCUT2D eigenvalue weighted by Crippen LogP contribution is 2.19. The van der Waals surface area contributed by atoms with Gasteiger partial charge in [0.15, 0.2) is 0 Å². The van der Waals surface area contributed by atoms with Crippen LogP contribution in [0.4, 0.5) is 0 Å². The molecule has 6 heteroatoms. The second-order valence-electron chi connectivity index (χ2n) is 5.25. The Hall–Kier alpha value is -1.40. The molecule has 0 aliphatic rings. The summed E-state index contributed by atoms with van der Waals surface area (Å²) in [6.07, 6.45) is 0. The van der Waals surface area contributed by atoms with E-state index < -0.39 is 10.0 Å². The van der Waals surface area contributed by atoms with Crippen molar-refractivity contribution in [1.29, 1.82) is 0 Å². The van der Waals surface area contributed by atoms with E-state index in [4.69, 9.17) is 0 Å². The fourth-order valence-electron chi connectivity index (χ4n) is 1.91. The van der Waals surface area contributed by atoms with Gasteiger partial charge in [-0.05, 0) is 39.3 Å². The van der Waals surface area contributed by atoms with Crippen molar-refractivity contribution in [2.45, 2.75) is 38.6 Å². The van der Waals surface area contributed by atoms with Crippen molar-refractivity contribution in [3.05, 3.63) is 29.3 Å². The maximum Gasteiger partial charge on any atom is 0.243 e. The van der Waals surface area contributed by atoms with E-state index in [-0.39, 0.29) is 23.4 Å². The van der Waals surface area contributed by atoms with Crippen LogP contribution in [0.3, 0.4) is 0 Å². The lowest BCUT2D eigenvalue weighted by atomic mass is 10.2. The molecule has 0 saturated carbocycles. The lowest BCUT2D eigenvalue weighted by Crippen LogP contribution is -2.40. The minimum Gasteiger partial charge on any atom is -0.353 e. The van der Waals surface area contributed by atoms with E-state index in [1.54, 1.807) is 19.1 Å². The Kier molecular flexibility index (Phi) is 5.30. The number of rotatable bonds is 5. The van der Waals surface area contributed by atoms with Crippen molar-refractivity contribution in [2.24, 2.45) is 0 Å². The van der Waals surface area contributed by atoms with E-state index in [2.05, 4.69) is 5.32 Å². The number of carbonyl (C=O) groups is 1. The molecule has 1 aromatic carbocycles. The van der Waals surface area contributed by atoms with Gasteiger partial charge >= 0.3 is 0 Å². The van der Waals surface area contributed by atoms with Crippen molar-refractivity contribution in [1.82, 2.24) is 9.62 Å². The van der Waals surface area contributed by atoms with Gasteiger partial charge in [-0.2, -0.15) is 4.31 Å². The zero-order chi connectivity index (χ0) is 15.5. The van der Waals surface area contributed by atoms with Crippen LogP contribution in [0, 0.1) is 13.8 Å². The number of likely N-dealkylation sites (N-methyl/N-ethyl adjacent to an activating group) is 1. The standard InChI is InChI=1S/C14H22N2O3S/c1-10(2)15-14(17)9-16(5)20(18,19)13-7-6-11(3)8-12(13)4/h6-8,10H,9H2,1-5H3,(H,15,17). The molecule has 1 N–H and O–H groups in total. The zero-order valence-corrected chi connectivity index (χ0v) is 13.4. The van der Waals surface area contributed by atoms with Gasteiger partial charge in [0.1, 0.15) is 0 Å². The first-order valence-electron chi connectivity index (χ1n) is 6.47. The lowest BCUT2D eigenvalue weighted by Gasteiger charge is -2.19. The molecule has 0 atom stereocenters. The van der Waals surface area contributed by atoms with Crippen molar-refractivity contribution >= 4 is 15.9 Å². The van der Waals surface area contributed by atoms with E-state index in [9.17, 15) is 13.2 Å². The third-order valence-corrected chi connectivity index (χ3v) is 4.80. The predicted molar refractivity (Wildman–Crippen MR) is 79.0 cm³/mol. The Morgan fingerprint density at radius 3 is 2.40 bits per heavy atom. The topological polar surface area (TPSA) is 66.5 Å². The molecule has 0 spiro atoms. The summed E-state index contributed by atoms with van der Waals surface area (Å²) in [6.45, 7) is 7.13. The molecule has 0 aromatic heterocycles. The first kappa shape index (κ1) is 16.7. The van der Waals surface area contributed by atoms with Crippen LogP contribution in [0.5, 0.6) is 0 Å². The highest BCUT2D eigenvalue weighted by atomic mass is 32.2. The van der Waals surface area contributed by atoms with Crippen LogP contribution in [0.1, 0.15) is 25.0 Å². The molecule has 0 radical (unpaired) electrons. The Morgan fingerprint density at radius 1 is 1.30 bits per heavy atom. The Morgan fingerprint density at radius 2 is 1.90 bits per heavy atom. The molecule has 0 aliphatic heterocycles. The average molecular weight is 298 g/mol. The van der Waals surface area contributed by atoms with Crippen LogP contribution >= 0.6 is 0 Å². The van der Waals surface area contributed by atoms with Gasteiger partial charge < -0.3 is 5.32 Å². The number of amides is 1. The first-order valence-corrected chi connectivity index (χ1v) is 7.91. The monoisotopic (exact) mass is 298 g/mol. The summed E-state index contributed by atoms with van der Waals surface area (Å²) in [5, 5.41) is 2.68. The molecule has 1 aromatic rings. The third-order valence-electron chi connectivity index (χ3n) is 2.83. The molecule has 0 unspecified atom stereocenters. The number of hydrogen-bond donors (Lipinski definition) is 1. The van der Waals surface area contributed by atoms with Gasteiger partial charge in [0.2, 0.25) is 15.9 Å². The molecular weight excluding hydrogens is 276 g/mol. The van der Waals surface area contributed by atoms with Gasteiger partial charge in [-0.3, -0.25) is 4.79 Å². The molecule has 0 saturated heterocycles. The van der Waals surface area contributed by atoms with Crippen LogP contribution in [0.25, 0.3) is 0 Å². The predicted octanol–water partition coefficient (Wildman–Crippen LogP) is 1.45. The van der Waals surface area contributed by atoms with E-state index in [1.807, 2.05) is 26.8 Å². The second kappa shape index (κ2) is 6.37. The van der Waals surface area contributed by atoms with E-state index >= 15 is 0 Å². The van der Waals surface area contributed by atoms with Gasteiger partial charge in [-0.25, -0.2) is 8.42 Å². The summed E-state index contributed by atoms with van der Waals surface area (Å²) in [5.74, 6) is -0.309. The van der Waals surface area contributed by atoms with E-state index in [0.29, 0.717) is 5.56 Å². The SMILES string of the molecule is Cc1ccc(S(=O)(=O)N(C)CC(=O)NC(C)C)c(C)c1. The van der Waals surface area contributed by atoms with Gasteiger partial charge in [-0.15, -0.1) is 0 Å². The summed E-state index contributed by atoms with van der Waals surface area (Å²) in [6, 6.07) is 5.13. The van der Waals surface area contributed by atoms with Crippen LogP contribution in [-0.2, 0) is 14.8 Å². The molecule has 1 rings (SSSR count). The second-order valence-corrected chi connectivity index (χ2v) is 7.27. The Labute approximate surface area is 121 Å². The molecule has 5 nitrogen and oxygen atoms in total. The smallest absolute Gasteiger partial charge is 0.243 e. The number of nitrogens with zero attached hydrogens (tertiary/aromatic N) is 1. The largest absolute Gasteiger partial charge is 0.353 e. The number of nitrogens with one attached hydrogen (secondary N) is 1. The van der Waals surface area contributed by atoms with Gasteiger partial charge in [0, 0.05) is 13.1 Å². The number of sulfonamides is 1. The highest BCUT2D eigenvalue weighted by molar-refractivity contribution is 7.89. The first-order chi connectivity index (χ1) is 9.14. The summed E-state index contributed by atoms with van der Waals surface area (Å²) in [5.41, 5.74) is 1.68. The molecule has 0 fully saturated rings. The zero-order valence-electron chi connectivity index (χ0n) is 12.6. The van der Waals surface area contributed by atoms with Crippen LogP contribution in [0.2, 0.25) is 0 Å². The molecule has 0 bridgehead atoms. The summed E-state index contributed by atoms with van der Waals surface area (Å²) < 4.78 is 25.9. The van der Waals surface area contributed by atoms with Crippen molar-refractivity contribution < 1.29 is 13.2 Å². The normalized spacial score (nSPS) is 11.9. The fourth-order valence-corrected chi connectivity index (χ4v) is 3.24. The van der Waals surface area contributed by atoms with Gasteiger partial charge in [0.25, 0.3) is 0 Å². The number of hydrogen-bond acceptors (Lipinski definition) is 3. The maximum atomic E-state index is 12.4. The van der Waals surface area contributed by atoms with Crippen molar-refractivity contribution in [3.63, 3.8) is 0 Å². The van der Waals surface area contributed by atoms with E-state index in [0.717, 1.165) is 9.87 Å². The van der Waals surface area contributed by atoms with Gasteiger partial charge in [0.05, 0.1) is 11.4 Å². The number of aryl methyl sites for hydroxylation is 2. The van der Waals surface area contributed by atoms with Crippen LogP contribution in [-0.4, -0.2) is 38.3 Å². The Balaban J connectivity index is 2.95. The highest BCUT2D eigenvalue weighted by Gasteiger charge is 2.24. The molecular formula is C14H22N2O3S. The van der Waals surface area contributed by atoms with Crippen molar-refractivity contribution in [3.8, 4) is 0 Å². The van der Waals surface area contributed by atoms with Gasteiger partial charge in [-0.1, -0.05) is 17.7 Å². The number of benzene rings is 1. The summed E-state index contributed by atoms with van der Waals surface area (Å²) in [7, 11) is -2.23. The minimum atomic E-state index is -3.64. The number of carbonyl (C=O) groups excluding carboxylic acids is 1. The maximum absolute atomic E-state index is 12.4. The fraction of sp³-hybridized carbons (Fsp3) is 0.500. The molecule has 0 heterocycles. The molecule has 20 heavy (non-hydrogen) atoms. The lowest BCUT2D eigenvalue weighted by molar-refractivity contribution is -0.121. The summed E-state index contributed by atoms with van der Waals surface area (Å²) >= 11 is 0. The molecule has 1 amide bonds. The Bertz CT molecular complexity index is 594. The average Bonchev–Trinajstić information content (AvgIpc) is 2.26. The van der Waals surface area contributed by atoms with E-state index in [1.165, 1.54) is 7.05 Å². The molecule has 112 valence electrons. The minimum absolute atomic E-state index is 0.0142. The third kappa shape index (κ3) is 4.05. The van der Waals surface area contributed by atoms with Crippen molar-refractivity contribution in [2.75, 3.05) is 13.6 Å². The summed E-state index contributed by atoms with van der Waals surface area (Å²) in [4.78, 5) is 11.9. The van der Waals surface area contributed by atoms with Crippen LogP contribution < -0.4 is 5.32 Å². The van der Waals surface area contributed by atoms with Crippen LogP contribution in [0.15, 0.2) is 23.1 Å². The quantitative estimate of drug-likeness (QED) is 0.894. The molecule has 0 aliphatic carbocycles.